The van der Waals surface area contributed by atoms with E-state index in [4.69, 9.17) is 4.42 Å². The number of carbonyl (C=O) groups excluding carboxylic acids is 1. The summed E-state index contributed by atoms with van der Waals surface area (Å²) in [6.07, 6.45) is 3.16. The number of H-pyrrole nitrogens is 1. The molecule has 9 nitrogen and oxygen atoms in total. The van der Waals surface area contributed by atoms with Crippen molar-refractivity contribution in [2.24, 2.45) is 0 Å². The monoisotopic (exact) mass is 434 g/mol. The van der Waals surface area contributed by atoms with Crippen LogP contribution in [0.3, 0.4) is 0 Å². The lowest BCUT2D eigenvalue weighted by molar-refractivity contribution is -0.118. The summed E-state index contributed by atoms with van der Waals surface area (Å²) in [5.41, 5.74) is 4.08. The van der Waals surface area contributed by atoms with Crippen molar-refractivity contribution in [3.05, 3.63) is 64.5 Å². The van der Waals surface area contributed by atoms with Crippen LogP contribution in [0.1, 0.15) is 18.4 Å². The predicted molar refractivity (Wildman–Crippen MR) is 118 cm³/mol. The number of rotatable bonds is 4. The number of amides is 1. The summed E-state index contributed by atoms with van der Waals surface area (Å²) in [5.74, 6) is -0.899. The van der Waals surface area contributed by atoms with E-state index < -0.39 is 11.6 Å². The summed E-state index contributed by atoms with van der Waals surface area (Å²) in [6, 6.07) is 10.5. The van der Waals surface area contributed by atoms with Gasteiger partial charge in [-0.2, -0.15) is 4.98 Å². The summed E-state index contributed by atoms with van der Waals surface area (Å²) >= 11 is 0. The van der Waals surface area contributed by atoms with Crippen LogP contribution in [-0.2, 0) is 11.2 Å². The Kier molecular flexibility index (Phi) is 4.81. The molecule has 4 aromatic rings. The lowest BCUT2D eigenvalue weighted by atomic mass is 10.1. The first-order chi connectivity index (χ1) is 15.5. The van der Waals surface area contributed by atoms with E-state index in [2.05, 4.69) is 25.6 Å². The van der Waals surface area contributed by atoms with Crippen molar-refractivity contribution in [3.63, 3.8) is 0 Å². The van der Waals surface area contributed by atoms with Crippen molar-refractivity contribution in [1.29, 1.82) is 0 Å². The van der Waals surface area contributed by atoms with E-state index >= 15 is 0 Å². The number of nitrogens with one attached hydrogen (secondary N) is 3. The van der Waals surface area contributed by atoms with E-state index in [9.17, 15) is 14.0 Å². The summed E-state index contributed by atoms with van der Waals surface area (Å²) < 4.78 is 19.3. The molecule has 1 amide bonds. The maximum Gasteiger partial charge on any atom is 0.417 e. The number of fused-ring (bicyclic) bond motifs is 2. The summed E-state index contributed by atoms with van der Waals surface area (Å²) in [5, 5.41) is 5.99. The number of halogens is 1. The van der Waals surface area contributed by atoms with Gasteiger partial charge in [-0.05, 0) is 54.8 Å². The number of benzene rings is 2. The minimum absolute atomic E-state index is 0.0206. The molecule has 3 N–H and O–H groups in total. The molecule has 0 bridgehead atoms. The molecule has 162 valence electrons. The molecule has 0 fully saturated rings. The minimum atomic E-state index is -0.626. The van der Waals surface area contributed by atoms with Gasteiger partial charge in [-0.25, -0.2) is 14.2 Å². The zero-order valence-corrected chi connectivity index (χ0v) is 17.1. The average molecular weight is 434 g/mol. The number of hydrogen-bond donors (Lipinski definition) is 3. The van der Waals surface area contributed by atoms with Crippen LogP contribution in [0, 0.1) is 5.82 Å². The van der Waals surface area contributed by atoms with Gasteiger partial charge in [-0.3, -0.25) is 9.78 Å². The van der Waals surface area contributed by atoms with E-state index in [1.165, 1.54) is 0 Å². The number of anilines is 5. The summed E-state index contributed by atoms with van der Waals surface area (Å²) in [6.45, 7) is 0. The van der Waals surface area contributed by atoms with Gasteiger partial charge in [0, 0.05) is 30.5 Å². The number of nitrogens with zero attached hydrogens (tertiary/aromatic N) is 3. The first-order valence-electron chi connectivity index (χ1n) is 10.1. The van der Waals surface area contributed by atoms with Gasteiger partial charge in [0.2, 0.25) is 11.9 Å². The quantitative estimate of drug-likeness (QED) is 0.447. The Balaban J connectivity index is 1.39. The first-order valence-corrected chi connectivity index (χ1v) is 10.1. The van der Waals surface area contributed by atoms with Gasteiger partial charge < -0.3 is 20.0 Å². The fourth-order valence-corrected chi connectivity index (χ4v) is 3.73. The van der Waals surface area contributed by atoms with Crippen molar-refractivity contribution in [3.8, 4) is 0 Å². The van der Waals surface area contributed by atoms with Gasteiger partial charge in [0.15, 0.2) is 17.2 Å². The molecule has 0 atom stereocenters. The van der Waals surface area contributed by atoms with E-state index in [1.807, 2.05) is 18.2 Å². The molecule has 5 rings (SSSR count). The highest BCUT2D eigenvalue weighted by atomic mass is 19.1. The Bertz CT molecular complexity index is 1400. The Morgan fingerprint density at radius 3 is 2.78 bits per heavy atom. The highest BCUT2D eigenvalue weighted by Gasteiger charge is 2.19. The topological polar surface area (TPSA) is 116 Å². The molecular weight excluding hydrogens is 415 g/mol. The lowest BCUT2D eigenvalue weighted by Gasteiger charge is -2.18. The molecule has 32 heavy (non-hydrogen) atoms. The van der Waals surface area contributed by atoms with Gasteiger partial charge in [0.25, 0.3) is 0 Å². The van der Waals surface area contributed by atoms with Crippen molar-refractivity contribution in [2.45, 2.75) is 19.3 Å². The Labute approximate surface area is 181 Å². The van der Waals surface area contributed by atoms with E-state index in [1.54, 1.807) is 30.1 Å². The number of aromatic amines is 1. The zero-order chi connectivity index (χ0) is 22.2. The number of carbonyl (C=O) groups is 1. The smallest absolute Gasteiger partial charge is 0.408 e. The molecule has 1 aliphatic rings. The molecule has 2 aromatic carbocycles. The molecule has 0 saturated heterocycles. The third kappa shape index (κ3) is 3.78. The van der Waals surface area contributed by atoms with Crippen LogP contribution in [0.4, 0.5) is 33.2 Å². The van der Waals surface area contributed by atoms with Crippen molar-refractivity contribution in [1.82, 2.24) is 15.0 Å². The van der Waals surface area contributed by atoms with Gasteiger partial charge in [-0.15, -0.1) is 0 Å². The molecule has 10 heteroatoms. The third-order valence-electron chi connectivity index (χ3n) is 5.33. The minimum Gasteiger partial charge on any atom is -0.408 e. The SMILES string of the molecule is CN1C(=O)CCCc2cc(Nc3ncc(F)c(Nc4ccc5oc(=O)[nH]c5c4)n3)ccc21. The van der Waals surface area contributed by atoms with Gasteiger partial charge >= 0.3 is 5.76 Å². The molecule has 0 saturated carbocycles. The zero-order valence-electron chi connectivity index (χ0n) is 17.1. The molecule has 0 unspecified atom stereocenters. The summed E-state index contributed by atoms with van der Waals surface area (Å²) in [4.78, 5) is 35.9. The number of aromatic nitrogens is 3. The standard InChI is InChI=1S/C22H19FN6O3/c1-29-17-7-5-13(9-12(17)3-2-4-19(29)30)26-21-24-11-15(23)20(28-21)25-14-6-8-18-16(10-14)27-22(31)32-18/h5-11H,2-4H2,1H3,(H,27,31)(H2,24,25,26,28). The molecule has 3 heterocycles. The second-order valence-electron chi connectivity index (χ2n) is 7.52. The average Bonchev–Trinajstić information content (AvgIpc) is 3.08. The maximum atomic E-state index is 14.3. The normalized spacial score (nSPS) is 13.7. The highest BCUT2D eigenvalue weighted by molar-refractivity contribution is 5.94. The Morgan fingerprint density at radius 1 is 1.09 bits per heavy atom. The number of hydrogen-bond acceptors (Lipinski definition) is 7. The van der Waals surface area contributed by atoms with E-state index in [0.717, 1.165) is 36.0 Å². The fourth-order valence-electron chi connectivity index (χ4n) is 3.73. The van der Waals surface area contributed by atoms with Crippen LogP contribution < -0.4 is 21.3 Å². The van der Waals surface area contributed by atoms with Gasteiger partial charge in [0.1, 0.15) is 0 Å². The second kappa shape index (κ2) is 7.80. The largest absolute Gasteiger partial charge is 0.417 e. The molecule has 1 aliphatic heterocycles. The van der Waals surface area contributed by atoms with Crippen molar-refractivity contribution >= 4 is 45.8 Å². The Hall–Kier alpha value is -4.21. The van der Waals surface area contributed by atoms with Crippen LogP contribution in [-0.4, -0.2) is 27.9 Å². The predicted octanol–water partition coefficient (Wildman–Crippen LogP) is 3.84. The molecule has 0 aliphatic carbocycles. The molecule has 0 spiro atoms. The van der Waals surface area contributed by atoms with Crippen LogP contribution in [0.5, 0.6) is 0 Å². The van der Waals surface area contributed by atoms with E-state index in [-0.39, 0.29) is 17.7 Å². The Morgan fingerprint density at radius 2 is 1.91 bits per heavy atom. The molecular formula is C22H19FN6O3. The van der Waals surface area contributed by atoms with Gasteiger partial charge in [-0.1, -0.05) is 0 Å². The summed E-state index contributed by atoms with van der Waals surface area (Å²) in [7, 11) is 1.77. The lowest BCUT2D eigenvalue weighted by Crippen LogP contribution is -2.24. The second-order valence-corrected chi connectivity index (χ2v) is 7.52. The van der Waals surface area contributed by atoms with Crippen LogP contribution in [0.2, 0.25) is 0 Å². The molecule has 0 radical (unpaired) electrons. The van der Waals surface area contributed by atoms with Crippen LogP contribution in [0.25, 0.3) is 11.1 Å². The maximum absolute atomic E-state index is 14.3. The number of oxazole rings is 1. The highest BCUT2D eigenvalue weighted by Crippen LogP contribution is 2.30. The van der Waals surface area contributed by atoms with Crippen molar-refractivity contribution in [2.75, 3.05) is 22.6 Å². The number of aryl methyl sites for hydroxylation is 1. The fraction of sp³-hybridized carbons (Fsp3) is 0.182. The van der Waals surface area contributed by atoms with Crippen LogP contribution in [0.15, 0.2) is 51.8 Å². The molecule has 2 aromatic heterocycles. The van der Waals surface area contributed by atoms with Crippen LogP contribution >= 0.6 is 0 Å². The van der Waals surface area contributed by atoms with Crippen molar-refractivity contribution < 1.29 is 13.6 Å². The third-order valence-corrected chi connectivity index (χ3v) is 5.33. The van der Waals surface area contributed by atoms with E-state index in [0.29, 0.717) is 23.2 Å². The first kappa shape index (κ1) is 19.7. The van der Waals surface area contributed by atoms with Gasteiger partial charge in [0.05, 0.1) is 11.7 Å².